The Hall–Kier alpha value is -2.37. The van der Waals surface area contributed by atoms with Crippen LogP contribution >= 0.6 is 0 Å². The number of Topliss-reactive ketones (excluding diaryl/α,β-unsaturated/α-hetero) is 1. The molecular formula is C16H20N2O4. The Morgan fingerprint density at radius 2 is 2.05 bits per heavy atom. The number of carbonyl (C=O) groups is 3. The van der Waals surface area contributed by atoms with Crippen LogP contribution in [0.5, 0.6) is 5.75 Å². The Bertz CT molecular complexity index is 627. The number of imide groups is 1. The summed E-state index contributed by atoms with van der Waals surface area (Å²) >= 11 is 0. The van der Waals surface area contributed by atoms with Crippen LogP contribution in [0.25, 0.3) is 0 Å². The highest BCUT2D eigenvalue weighted by Crippen LogP contribution is 2.23. The number of urea groups is 1. The Morgan fingerprint density at radius 1 is 1.32 bits per heavy atom. The summed E-state index contributed by atoms with van der Waals surface area (Å²) in [7, 11) is 1.58. The maximum atomic E-state index is 12.4. The van der Waals surface area contributed by atoms with Crippen LogP contribution in [0.2, 0.25) is 0 Å². The maximum Gasteiger partial charge on any atom is 0.322 e. The van der Waals surface area contributed by atoms with Crippen LogP contribution in [0.3, 0.4) is 0 Å². The van der Waals surface area contributed by atoms with Crippen molar-refractivity contribution in [2.45, 2.75) is 38.6 Å². The molecular weight excluding hydrogens is 284 g/mol. The zero-order valence-electron chi connectivity index (χ0n) is 13.0. The van der Waals surface area contributed by atoms with Crippen molar-refractivity contribution in [1.29, 1.82) is 0 Å². The number of aryl methyl sites for hydroxylation is 1. The van der Waals surface area contributed by atoms with Gasteiger partial charge in [-0.3, -0.25) is 14.9 Å². The van der Waals surface area contributed by atoms with Crippen LogP contribution in [0, 0.1) is 0 Å². The summed E-state index contributed by atoms with van der Waals surface area (Å²) in [5.74, 6) is 0.271. The maximum absolute atomic E-state index is 12.4. The van der Waals surface area contributed by atoms with Crippen molar-refractivity contribution >= 4 is 17.7 Å². The molecule has 2 rings (SSSR count). The van der Waals surface area contributed by atoms with Gasteiger partial charge in [0.1, 0.15) is 11.3 Å². The summed E-state index contributed by atoms with van der Waals surface area (Å²) in [5, 5.41) is 4.75. The zero-order valence-corrected chi connectivity index (χ0v) is 13.0. The lowest BCUT2D eigenvalue weighted by Gasteiger charge is -2.20. The first-order valence-electron chi connectivity index (χ1n) is 7.23. The standard InChI is InChI=1S/C16H20N2O4/c1-4-10-9-11(22-3)5-6-12(10)13(19)7-8-16(2)14(20)17-15(21)18-16/h5-6,9H,4,7-8H2,1-3H3,(H2,17,18,20,21). The molecule has 0 aromatic heterocycles. The first-order chi connectivity index (χ1) is 10.4. The first-order valence-corrected chi connectivity index (χ1v) is 7.23. The molecule has 1 aromatic carbocycles. The van der Waals surface area contributed by atoms with E-state index in [9.17, 15) is 14.4 Å². The SMILES string of the molecule is CCc1cc(OC)ccc1C(=O)CCC1(C)NC(=O)NC1=O. The lowest BCUT2D eigenvalue weighted by molar-refractivity contribution is -0.123. The lowest BCUT2D eigenvalue weighted by atomic mass is 9.91. The van der Waals surface area contributed by atoms with Crippen LogP contribution in [-0.2, 0) is 11.2 Å². The fourth-order valence-electron chi connectivity index (χ4n) is 2.52. The number of rotatable bonds is 6. The molecule has 1 saturated heterocycles. The number of ether oxygens (including phenoxy) is 1. The van der Waals surface area contributed by atoms with E-state index in [2.05, 4.69) is 10.6 Å². The molecule has 1 unspecified atom stereocenters. The summed E-state index contributed by atoms with van der Waals surface area (Å²) in [6, 6.07) is 4.82. The molecule has 22 heavy (non-hydrogen) atoms. The van der Waals surface area contributed by atoms with Crippen LogP contribution < -0.4 is 15.4 Å². The predicted octanol–water partition coefficient (Wildman–Crippen LogP) is 1.82. The molecule has 0 bridgehead atoms. The molecule has 3 amide bonds. The van der Waals surface area contributed by atoms with Crippen molar-refractivity contribution in [2.24, 2.45) is 0 Å². The highest BCUT2D eigenvalue weighted by Gasteiger charge is 2.41. The summed E-state index contributed by atoms with van der Waals surface area (Å²) in [5.41, 5.74) is 0.525. The number of ketones is 1. The number of benzene rings is 1. The third-order valence-electron chi connectivity index (χ3n) is 3.96. The molecule has 2 N–H and O–H groups in total. The quantitative estimate of drug-likeness (QED) is 0.620. The van der Waals surface area contributed by atoms with Crippen LogP contribution in [-0.4, -0.2) is 30.4 Å². The van der Waals surface area contributed by atoms with Gasteiger partial charge in [-0.05, 0) is 43.5 Å². The normalized spacial score (nSPS) is 20.5. The highest BCUT2D eigenvalue weighted by atomic mass is 16.5. The van der Waals surface area contributed by atoms with Crippen molar-refractivity contribution in [3.8, 4) is 5.75 Å². The molecule has 1 fully saturated rings. The molecule has 1 aromatic rings. The second-order valence-electron chi connectivity index (χ2n) is 5.54. The second-order valence-corrected chi connectivity index (χ2v) is 5.54. The molecule has 1 atom stereocenters. The van der Waals surface area contributed by atoms with E-state index in [1.54, 1.807) is 26.2 Å². The molecule has 0 saturated carbocycles. The van der Waals surface area contributed by atoms with E-state index in [0.717, 1.165) is 5.56 Å². The topological polar surface area (TPSA) is 84.5 Å². The van der Waals surface area contributed by atoms with Gasteiger partial charge in [-0.1, -0.05) is 6.92 Å². The molecule has 6 nitrogen and oxygen atoms in total. The van der Waals surface area contributed by atoms with Crippen molar-refractivity contribution in [3.05, 3.63) is 29.3 Å². The van der Waals surface area contributed by atoms with Gasteiger partial charge in [0, 0.05) is 12.0 Å². The largest absolute Gasteiger partial charge is 0.497 e. The molecule has 118 valence electrons. The minimum Gasteiger partial charge on any atom is -0.497 e. The molecule has 1 aliphatic heterocycles. The lowest BCUT2D eigenvalue weighted by Crippen LogP contribution is -2.43. The number of hydrogen-bond acceptors (Lipinski definition) is 4. The van der Waals surface area contributed by atoms with Gasteiger partial charge in [-0.25, -0.2) is 4.79 Å². The van der Waals surface area contributed by atoms with E-state index in [4.69, 9.17) is 4.74 Å². The van der Waals surface area contributed by atoms with Gasteiger partial charge in [0.05, 0.1) is 7.11 Å². The van der Waals surface area contributed by atoms with Gasteiger partial charge in [0.15, 0.2) is 5.78 Å². The number of hydrogen-bond donors (Lipinski definition) is 2. The van der Waals surface area contributed by atoms with Gasteiger partial charge < -0.3 is 10.1 Å². The van der Waals surface area contributed by atoms with Gasteiger partial charge in [-0.15, -0.1) is 0 Å². The monoisotopic (exact) mass is 304 g/mol. The third kappa shape index (κ3) is 3.10. The number of amides is 3. The molecule has 0 spiro atoms. The molecule has 0 radical (unpaired) electrons. The second kappa shape index (κ2) is 6.17. The molecule has 6 heteroatoms. The number of carbonyl (C=O) groups excluding carboxylic acids is 3. The summed E-state index contributed by atoms with van der Waals surface area (Å²) in [4.78, 5) is 35.4. The molecule has 1 aliphatic rings. The van der Waals surface area contributed by atoms with Crippen LogP contribution in [0.4, 0.5) is 4.79 Å². The highest BCUT2D eigenvalue weighted by molar-refractivity contribution is 6.07. The summed E-state index contributed by atoms with van der Waals surface area (Å²) < 4.78 is 5.16. The minimum absolute atomic E-state index is 0.0466. The minimum atomic E-state index is -1.02. The van der Waals surface area contributed by atoms with E-state index < -0.39 is 17.5 Å². The summed E-state index contributed by atoms with van der Waals surface area (Å²) in [6.07, 6.45) is 1.16. The Kier molecular flexibility index (Phi) is 4.49. The molecule has 0 aliphatic carbocycles. The van der Waals surface area contributed by atoms with Crippen molar-refractivity contribution in [2.75, 3.05) is 7.11 Å². The van der Waals surface area contributed by atoms with Gasteiger partial charge in [0.25, 0.3) is 5.91 Å². The number of nitrogens with one attached hydrogen (secondary N) is 2. The zero-order chi connectivity index (χ0) is 16.3. The summed E-state index contributed by atoms with van der Waals surface area (Å²) in [6.45, 7) is 3.59. The van der Waals surface area contributed by atoms with Crippen LogP contribution in [0.15, 0.2) is 18.2 Å². The molecule has 1 heterocycles. The van der Waals surface area contributed by atoms with Crippen molar-refractivity contribution < 1.29 is 19.1 Å². The van der Waals surface area contributed by atoms with Gasteiger partial charge in [0.2, 0.25) is 0 Å². The Morgan fingerprint density at radius 3 is 2.59 bits per heavy atom. The van der Waals surface area contributed by atoms with Crippen LogP contribution in [0.1, 0.15) is 42.6 Å². The average molecular weight is 304 g/mol. The predicted molar refractivity (Wildman–Crippen MR) is 81.0 cm³/mol. The third-order valence-corrected chi connectivity index (χ3v) is 3.96. The first kappa shape index (κ1) is 16.0. The van der Waals surface area contributed by atoms with E-state index in [1.165, 1.54) is 0 Å². The number of methoxy groups -OCH3 is 1. The van der Waals surface area contributed by atoms with Gasteiger partial charge in [-0.2, -0.15) is 0 Å². The fraction of sp³-hybridized carbons (Fsp3) is 0.438. The van der Waals surface area contributed by atoms with Gasteiger partial charge >= 0.3 is 6.03 Å². The Labute approximate surface area is 129 Å². The fourth-order valence-corrected chi connectivity index (χ4v) is 2.52. The smallest absolute Gasteiger partial charge is 0.322 e. The van der Waals surface area contributed by atoms with E-state index in [1.807, 2.05) is 13.0 Å². The van der Waals surface area contributed by atoms with E-state index in [0.29, 0.717) is 17.7 Å². The van der Waals surface area contributed by atoms with Crippen molar-refractivity contribution in [3.63, 3.8) is 0 Å². The average Bonchev–Trinajstić information content (AvgIpc) is 2.77. The van der Waals surface area contributed by atoms with E-state index in [-0.39, 0.29) is 18.6 Å². The van der Waals surface area contributed by atoms with E-state index >= 15 is 0 Å². The Balaban J connectivity index is 2.10. The van der Waals surface area contributed by atoms with Crippen molar-refractivity contribution in [1.82, 2.24) is 10.6 Å².